The summed E-state index contributed by atoms with van der Waals surface area (Å²) in [5.41, 5.74) is 9.62. The molecule has 0 saturated carbocycles. The number of nitrogen functional groups attached to an aromatic ring is 1. The molecule has 0 amide bonds. The van der Waals surface area contributed by atoms with Gasteiger partial charge in [-0.25, -0.2) is 4.98 Å². The Kier molecular flexibility index (Phi) is 4.57. The molecule has 136 valence electrons. The zero-order chi connectivity index (χ0) is 18.6. The number of nitrogens with zero attached hydrogens (tertiary/aromatic N) is 3. The first kappa shape index (κ1) is 16.8. The van der Waals surface area contributed by atoms with Crippen LogP contribution in [-0.4, -0.2) is 15.3 Å². The third-order valence-corrected chi connectivity index (χ3v) is 4.06. The smallest absolute Gasteiger partial charge is 0.254 e. The van der Waals surface area contributed by atoms with Crippen molar-refractivity contribution in [2.75, 3.05) is 5.73 Å². The van der Waals surface area contributed by atoms with Crippen LogP contribution in [0.2, 0.25) is 0 Å². The lowest BCUT2D eigenvalue weighted by Crippen LogP contribution is -1.96. The topological polar surface area (TPSA) is 100 Å². The number of benzene rings is 1. The van der Waals surface area contributed by atoms with Crippen molar-refractivity contribution in [2.45, 2.75) is 20.0 Å². The quantitative estimate of drug-likeness (QED) is 0.557. The predicted octanol–water partition coefficient (Wildman–Crippen LogP) is 3.79. The SMILES string of the molecule is Cc1cc(OCc2ccc(Cc3cc(-c4cccnc4N)on3)cc2)no1. The van der Waals surface area contributed by atoms with Crippen LogP contribution in [0.4, 0.5) is 5.82 Å². The standard InChI is InChI=1S/C20H18N4O3/c1-13-9-19(24-26-13)25-12-15-6-4-14(5-7-15)10-16-11-18(27-23-16)17-3-2-8-22-20(17)21/h2-9,11H,10,12H2,1H3,(H2,21,22). The molecule has 0 spiro atoms. The second-order valence-corrected chi connectivity index (χ2v) is 6.18. The summed E-state index contributed by atoms with van der Waals surface area (Å²) >= 11 is 0. The molecule has 7 heteroatoms. The molecular formula is C20H18N4O3. The van der Waals surface area contributed by atoms with Crippen molar-refractivity contribution < 1.29 is 13.8 Å². The van der Waals surface area contributed by atoms with Crippen molar-refractivity contribution >= 4 is 5.82 Å². The summed E-state index contributed by atoms with van der Waals surface area (Å²) in [6, 6.07) is 15.4. The first-order valence-electron chi connectivity index (χ1n) is 8.48. The Balaban J connectivity index is 1.39. The summed E-state index contributed by atoms with van der Waals surface area (Å²) in [5, 5.41) is 7.94. The monoisotopic (exact) mass is 362 g/mol. The van der Waals surface area contributed by atoms with Crippen molar-refractivity contribution in [1.82, 2.24) is 15.3 Å². The Morgan fingerprint density at radius 3 is 2.56 bits per heavy atom. The van der Waals surface area contributed by atoms with Gasteiger partial charge in [-0.05, 0) is 35.3 Å². The van der Waals surface area contributed by atoms with Gasteiger partial charge in [0.2, 0.25) is 0 Å². The zero-order valence-electron chi connectivity index (χ0n) is 14.8. The maximum absolute atomic E-state index is 5.88. The van der Waals surface area contributed by atoms with Crippen LogP contribution < -0.4 is 10.5 Å². The zero-order valence-corrected chi connectivity index (χ0v) is 14.8. The average Bonchev–Trinajstić information content (AvgIpc) is 3.30. The normalized spacial score (nSPS) is 10.9. The van der Waals surface area contributed by atoms with E-state index in [1.54, 1.807) is 12.3 Å². The van der Waals surface area contributed by atoms with Crippen molar-refractivity contribution in [2.24, 2.45) is 0 Å². The van der Waals surface area contributed by atoms with Crippen LogP contribution in [0.5, 0.6) is 5.88 Å². The van der Waals surface area contributed by atoms with E-state index in [0.717, 1.165) is 28.1 Å². The van der Waals surface area contributed by atoms with Gasteiger partial charge in [-0.1, -0.05) is 29.4 Å². The van der Waals surface area contributed by atoms with Crippen LogP contribution in [0.3, 0.4) is 0 Å². The van der Waals surface area contributed by atoms with Crippen molar-refractivity contribution in [3.8, 4) is 17.2 Å². The van der Waals surface area contributed by atoms with Gasteiger partial charge in [0.05, 0.1) is 11.3 Å². The second kappa shape index (κ2) is 7.33. The minimum absolute atomic E-state index is 0.423. The molecule has 1 aromatic carbocycles. The van der Waals surface area contributed by atoms with Crippen molar-refractivity contribution in [1.29, 1.82) is 0 Å². The van der Waals surface area contributed by atoms with Gasteiger partial charge in [0, 0.05) is 24.8 Å². The predicted molar refractivity (Wildman–Crippen MR) is 99.0 cm³/mol. The summed E-state index contributed by atoms with van der Waals surface area (Å²) in [6.07, 6.45) is 2.30. The van der Waals surface area contributed by atoms with Crippen LogP contribution in [0.25, 0.3) is 11.3 Å². The number of hydrogen-bond donors (Lipinski definition) is 1. The maximum atomic E-state index is 5.88. The highest BCUT2D eigenvalue weighted by molar-refractivity contribution is 5.69. The summed E-state index contributed by atoms with van der Waals surface area (Å²) < 4.78 is 16.0. The highest BCUT2D eigenvalue weighted by Crippen LogP contribution is 2.25. The molecule has 2 N–H and O–H groups in total. The third kappa shape index (κ3) is 3.98. The highest BCUT2D eigenvalue weighted by Gasteiger charge is 2.11. The molecule has 27 heavy (non-hydrogen) atoms. The number of ether oxygens (including phenoxy) is 1. The number of pyridine rings is 1. The third-order valence-electron chi connectivity index (χ3n) is 4.06. The molecule has 0 aliphatic carbocycles. The summed E-state index contributed by atoms with van der Waals surface area (Å²) in [7, 11) is 0. The van der Waals surface area contributed by atoms with Crippen LogP contribution >= 0.6 is 0 Å². The van der Waals surface area contributed by atoms with E-state index in [1.165, 1.54) is 0 Å². The van der Waals surface area contributed by atoms with Gasteiger partial charge in [-0.3, -0.25) is 0 Å². The number of aromatic nitrogens is 3. The number of rotatable bonds is 6. The van der Waals surface area contributed by atoms with Gasteiger partial charge >= 0.3 is 0 Å². The molecule has 4 aromatic rings. The fraction of sp³-hybridized carbons (Fsp3) is 0.150. The lowest BCUT2D eigenvalue weighted by molar-refractivity contribution is 0.267. The van der Waals surface area contributed by atoms with E-state index in [9.17, 15) is 0 Å². The molecule has 0 atom stereocenters. The van der Waals surface area contributed by atoms with Crippen molar-refractivity contribution in [3.63, 3.8) is 0 Å². The average molecular weight is 362 g/mol. The molecule has 0 fully saturated rings. The van der Waals surface area contributed by atoms with Crippen LogP contribution in [0, 0.1) is 6.92 Å². The molecule has 4 rings (SSSR count). The molecule has 7 nitrogen and oxygen atoms in total. The van der Waals surface area contributed by atoms with Gasteiger partial charge in [0.25, 0.3) is 5.88 Å². The molecule has 3 heterocycles. The number of aryl methyl sites for hydroxylation is 1. The second-order valence-electron chi connectivity index (χ2n) is 6.18. The van der Waals surface area contributed by atoms with E-state index in [4.69, 9.17) is 19.5 Å². The Labute approximate surface area is 155 Å². The Morgan fingerprint density at radius 2 is 1.81 bits per heavy atom. The van der Waals surface area contributed by atoms with E-state index in [-0.39, 0.29) is 0 Å². The summed E-state index contributed by atoms with van der Waals surface area (Å²) in [4.78, 5) is 4.07. The molecular weight excluding hydrogens is 344 g/mol. The van der Waals surface area contributed by atoms with Gasteiger partial charge in [-0.15, -0.1) is 0 Å². The van der Waals surface area contributed by atoms with Crippen LogP contribution in [0.15, 0.2) is 63.8 Å². The fourth-order valence-corrected chi connectivity index (χ4v) is 2.68. The lowest BCUT2D eigenvalue weighted by Gasteiger charge is -2.04. The minimum atomic E-state index is 0.423. The van der Waals surface area contributed by atoms with Gasteiger partial charge < -0.3 is 19.5 Å². The molecule has 0 aliphatic heterocycles. The van der Waals surface area contributed by atoms with E-state index in [0.29, 0.717) is 30.5 Å². The highest BCUT2D eigenvalue weighted by atomic mass is 16.5. The summed E-state index contributed by atoms with van der Waals surface area (Å²) in [6.45, 7) is 2.26. The van der Waals surface area contributed by atoms with E-state index in [2.05, 4.69) is 15.3 Å². The van der Waals surface area contributed by atoms with E-state index < -0.39 is 0 Å². The van der Waals surface area contributed by atoms with Gasteiger partial charge in [0.15, 0.2) is 5.76 Å². The minimum Gasteiger partial charge on any atom is -0.471 e. The number of nitrogens with two attached hydrogens (primary N) is 1. The molecule has 0 bridgehead atoms. The molecule has 0 radical (unpaired) electrons. The largest absolute Gasteiger partial charge is 0.471 e. The van der Waals surface area contributed by atoms with E-state index >= 15 is 0 Å². The summed E-state index contributed by atoms with van der Waals surface area (Å²) in [5.74, 6) is 2.25. The Hall–Kier alpha value is -3.61. The molecule has 0 aliphatic rings. The van der Waals surface area contributed by atoms with E-state index in [1.807, 2.05) is 49.4 Å². The van der Waals surface area contributed by atoms with Gasteiger partial charge in [0.1, 0.15) is 18.2 Å². The number of anilines is 1. The molecule has 3 aromatic heterocycles. The Bertz CT molecular complexity index is 1040. The van der Waals surface area contributed by atoms with Crippen molar-refractivity contribution in [3.05, 3.63) is 77.3 Å². The van der Waals surface area contributed by atoms with Gasteiger partial charge in [-0.2, -0.15) is 0 Å². The fourth-order valence-electron chi connectivity index (χ4n) is 2.68. The van der Waals surface area contributed by atoms with Crippen LogP contribution in [0.1, 0.15) is 22.6 Å². The molecule has 0 saturated heterocycles. The maximum Gasteiger partial charge on any atom is 0.254 e. The lowest BCUT2D eigenvalue weighted by atomic mass is 10.1. The Morgan fingerprint density at radius 1 is 1.00 bits per heavy atom. The first-order valence-corrected chi connectivity index (χ1v) is 8.48. The molecule has 0 unspecified atom stereocenters. The first-order chi connectivity index (χ1) is 13.2. The number of hydrogen-bond acceptors (Lipinski definition) is 7. The van der Waals surface area contributed by atoms with Crippen LogP contribution in [-0.2, 0) is 13.0 Å².